The van der Waals surface area contributed by atoms with Gasteiger partial charge in [-0.2, -0.15) is 5.10 Å². The molecule has 1 aromatic rings. The molecule has 1 aromatic heterocycles. The van der Waals surface area contributed by atoms with E-state index < -0.39 is 0 Å². The van der Waals surface area contributed by atoms with Crippen molar-refractivity contribution < 1.29 is 0 Å². The van der Waals surface area contributed by atoms with Crippen LogP contribution in [0.4, 0.5) is 0 Å². The van der Waals surface area contributed by atoms with Gasteiger partial charge in [-0.1, -0.05) is 20.8 Å². The summed E-state index contributed by atoms with van der Waals surface area (Å²) < 4.78 is 2.01. The molecule has 14 heavy (non-hydrogen) atoms. The molecule has 0 fully saturated rings. The molecule has 0 aliphatic carbocycles. The summed E-state index contributed by atoms with van der Waals surface area (Å²) in [5.41, 5.74) is 6.75. The summed E-state index contributed by atoms with van der Waals surface area (Å²) in [6, 6.07) is 2.10. The van der Waals surface area contributed by atoms with Crippen LogP contribution in [0.25, 0.3) is 0 Å². The van der Waals surface area contributed by atoms with E-state index in [1.165, 1.54) is 0 Å². The van der Waals surface area contributed by atoms with Gasteiger partial charge in [0.25, 0.3) is 0 Å². The van der Waals surface area contributed by atoms with Gasteiger partial charge in [-0.15, -0.1) is 0 Å². The van der Waals surface area contributed by atoms with Crippen LogP contribution < -0.4 is 5.73 Å². The van der Waals surface area contributed by atoms with Crippen molar-refractivity contribution in [1.82, 2.24) is 9.78 Å². The SMILES string of the molecule is CC(C)(C)c1ccn(CCCCN)n1. The normalized spacial score (nSPS) is 12.0. The Kier molecular flexibility index (Phi) is 3.69. The lowest BCUT2D eigenvalue weighted by Crippen LogP contribution is -2.13. The van der Waals surface area contributed by atoms with Crippen molar-refractivity contribution in [2.24, 2.45) is 5.73 Å². The molecule has 0 unspecified atom stereocenters. The number of aromatic nitrogens is 2. The van der Waals surface area contributed by atoms with E-state index in [4.69, 9.17) is 5.73 Å². The zero-order chi connectivity index (χ0) is 10.6. The third kappa shape index (κ3) is 3.14. The first-order chi connectivity index (χ1) is 6.54. The first-order valence-electron chi connectivity index (χ1n) is 5.28. The number of unbranched alkanes of at least 4 members (excludes halogenated alkanes) is 1. The lowest BCUT2D eigenvalue weighted by Gasteiger charge is -2.14. The van der Waals surface area contributed by atoms with Crippen LogP contribution >= 0.6 is 0 Å². The smallest absolute Gasteiger partial charge is 0.0677 e. The number of hydrogen-bond acceptors (Lipinski definition) is 2. The number of aryl methyl sites for hydroxylation is 1. The Bertz CT molecular complexity index is 270. The van der Waals surface area contributed by atoms with Gasteiger partial charge in [-0.3, -0.25) is 4.68 Å². The molecule has 0 aliphatic heterocycles. The molecule has 0 atom stereocenters. The monoisotopic (exact) mass is 195 g/mol. The number of nitrogens with zero attached hydrogens (tertiary/aromatic N) is 2. The molecule has 80 valence electrons. The third-order valence-electron chi connectivity index (χ3n) is 2.25. The fourth-order valence-electron chi connectivity index (χ4n) is 1.30. The van der Waals surface area contributed by atoms with Gasteiger partial charge in [0.2, 0.25) is 0 Å². The summed E-state index contributed by atoms with van der Waals surface area (Å²) in [4.78, 5) is 0. The largest absolute Gasteiger partial charge is 0.330 e. The lowest BCUT2D eigenvalue weighted by molar-refractivity contribution is 0.515. The maximum atomic E-state index is 5.44. The maximum absolute atomic E-state index is 5.44. The van der Waals surface area contributed by atoms with Crippen molar-refractivity contribution in [3.63, 3.8) is 0 Å². The molecule has 0 spiro atoms. The summed E-state index contributed by atoms with van der Waals surface area (Å²) in [7, 11) is 0. The molecule has 0 saturated carbocycles. The second-order valence-corrected chi connectivity index (χ2v) is 4.71. The minimum atomic E-state index is 0.152. The fraction of sp³-hybridized carbons (Fsp3) is 0.727. The van der Waals surface area contributed by atoms with E-state index >= 15 is 0 Å². The Morgan fingerprint density at radius 1 is 1.36 bits per heavy atom. The number of hydrogen-bond donors (Lipinski definition) is 1. The molecule has 1 rings (SSSR count). The molecular weight excluding hydrogens is 174 g/mol. The van der Waals surface area contributed by atoms with Crippen LogP contribution in [0.2, 0.25) is 0 Å². The maximum Gasteiger partial charge on any atom is 0.0677 e. The average molecular weight is 195 g/mol. The molecule has 0 saturated heterocycles. The van der Waals surface area contributed by atoms with Crippen molar-refractivity contribution in [2.45, 2.75) is 45.6 Å². The van der Waals surface area contributed by atoms with Gasteiger partial charge in [0.05, 0.1) is 5.69 Å². The predicted octanol–water partition coefficient (Wildman–Crippen LogP) is 1.92. The van der Waals surface area contributed by atoms with E-state index in [9.17, 15) is 0 Å². The highest BCUT2D eigenvalue weighted by Gasteiger charge is 2.16. The Morgan fingerprint density at radius 2 is 2.07 bits per heavy atom. The van der Waals surface area contributed by atoms with Crippen molar-refractivity contribution in [1.29, 1.82) is 0 Å². The van der Waals surface area contributed by atoms with Crippen LogP contribution in [-0.4, -0.2) is 16.3 Å². The summed E-state index contributed by atoms with van der Waals surface area (Å²) in [5, 5.41) is 4.53. The van der Waals surface area contributed by atoms with Crippen LogP contribution in [0.15, 0.2) is 12.3 Å². The summed E-state index contributed by atoms with van der Waals surface area (Å²) in [6.07, 6.45) is 4.24. The van der Waals surface area contributed by atoms with Gasteiger partial charge in [0.1, 0.15) is 0 Å². The molecule has 3 heteroatoms. The zero-order valence-corrected chi connectivity index (χ0v) is 9.45. The lowest BCUT2D eigenvalue weighted by atomic mass is 9.93. The predicted molar refractivity (Wildman–Crippen MR) is 59.2 cm³/mol. The Morgan fingerprint density at radius 3 is 2.57 bits per heavy atom. The van der Waals surface area contributed by atoms with Crippen molar-refractivity contribution >= 4 is 0 Å². The molecule has 0 aliphatic rings. The molecular formula is C11H21N3. The highest BCUT2D eigenvalue weighted by Crippen LogP contribution is 2.19. The molecule has 3 nitrogen and oxygen atoms in total. The van der Waals surface area contributed by atoms with E-state index in [1.54, 1.807) is 0 Å². The van der Waals surface area contributed by atoms with Crippen LogP contribution in [-0.2, 0) is 12.0 Å². The van der Waals surface area contributed by atoms with Crippen molar-refractivity contribution in [2.75, 3.05) is 6.54 Å². The standard InChI is InChI=1S/C11H21N3/c1-11(2,3)10-6-9-14(13-10)8-5-4-7-12/h6,9H,4-5,7-8,12H2,1-3H3. The van der Waals surface area contributed by atoms with Gasteiger partial charge < -0.3 is 5.73 Å². The van der Waals surface area contributed by atoms with Crippen LogP contribution in [0.1, 0.15) is 39.3 Å². The van der Waals surface area contributed by atoms with Crippen LogP contribution in [0.3, 0.4) is 0 Å². The number of rotatable bonds is 4. The first kappa shape index (κ1) is 11.2. The molecule has 2 N–H and O–H groups in total. The Labute approximate surface area is 86.3 Å². The molecule has 0 aromatic carbocycles. The fourth-order valence-corrected chi connectivity index (χ4v) is 1.30. The second-order valence-electron chi connectivity index (χ2n) is 4.71. The van der Waals surface area contributed by atoms with E-state index in [0.29, 0.717) is 0 Å². The topological polar surface area (TPSA) is 43.8 Å². The molecule has 1 heterocycles. The highest BCUT2D eigenvalue weighted by molar-refractivity contribution is 5.10. The summed E-state index contributed by atoms with van der Waals surface area (Å²) in [5.74, 6) is 0. The Hall–Kier alpha value is -0.830. The second kappa shape index (κ2) is 4.60. The van der Waals surface area contributed by atoms with Gasteiger partial charge in [-0.25, -0.2) is 0 Å². The van der Waals surface area contributed by atoms with Crippen molar-refractivity contribution in [3.05, 3.63) is 18.0 Å². The summed E-state index contributed by atoms with van der Waals surface area (Å²) in [6.45, 7) is 8.29. The van der Waals surface area contributed by atoms with Gasteiger partial charge in [0, 0.05) is 18.2 Å². The van der Waals surface area contributed by atoms with E-state index in [-0.39, 0.29) is 5.41 Å². The van der Waals surface area contributed by atoms with E-state index in [1.807, 2.05) is 4.68 Å². The molecule has 0 radical (unpaired) electrons. The average Bonchev–Trinajstić information content (AvgIpc) is 2.52. The van der Waals surface area contributed by atoms with Crippen molar-refractivity contribution in [3.8, 4) is 0 Å². The van der Waals surface area contributed by atoms with Crippen LogP contribution in [0.5, 0.6) is 0 Å². The number of nitrogens with two attached hydrogens (primary N) is 1. The minimum Gasteiger partial charge on any atom is -0.330 e. The van der Waals surface area contributed by atoms with E-state index in [2.05, 4.69) is 38.1 Å². The van der Waals surface area contributed by atoms with Crippen LogP contribution in [0, 0.1) is 0 Å². The third-order valence-corrected chi connectivity index (χ3v) is 2.25. The minimum absolute atomic E-state index is 0.152. The first-order valence-corrected chi connectivity index (χ1v) is 5.28. The zero-order valence-electron chi connectivity index (χ0n) is 9.45. The quantitative estimate of drug-likeness (QED) is 0.746. The summed E-state index contributed by atoms with van der Waals surface area (Å²) >= 11 is 0. The molecule has 0 bridgehead atoms. The van der Waals surface area contributed by atoms with Gasteiger partial charge in [0.15, 0.2) is 0 Å². The Balaban J connectivity index is 2.51. The highest BCUT2D eigenvalue weighted by atomic mass is 15.3. The molecule has 0 amide bonds. The van der Waals surface area contributed by atoms with E-state index in [0.717, 1.165) is 31.6 Å². The van der Waals surface area contributed by atoms with Gasteiger partial charge >= 0.3 is 0 Å². The van der Waals surface area contributed by atoms with Gasteiger partial charge in [-0.05, 0) is 25.5 Å².